The predicted octanol–water partition coefficient (Wildman–Crippen LogP) is 4.21. The topological polar surface area (TPSA) is 26.2 Å². The minimum Gasteiger partial charge on any atom is -0.497 e. The highest BCUT2D eigenvalue weighted by Crippen LogP contribution is 2.21. The van der Waals surface area contributed by atoms with Crippen LogP contribution in [0.3, 0.4) is 0 Å². The van der Waals surface area contributed by atoms with Gasteiger partial charge in [0, 0.05) is 36.2 Å². The van der Waals surface area contributed by atoms with Crippen molar-refractivity contribution in [2.45, 2.75) is 52.1 Å². The number of fused-ring (bicyclic) bond motifs is 1. The molecule has 1 atom stereocenters. The van der Waals surface area contributed by atoms with Gasteiger partial charge in [-0.3, -0.25) is 0 Å². The molecule has 1 heterocycles. The van der Waals surface area contributed by atoms with E-state index < -0.39 is 0 Å². The van der Waals surface area contributed by atoms with Crippen LogP contribution in [0.2, 0.25) is 0 Å². The lowest BCUT2D eigenvalue weighted by Crippen LogP contribution is -2.29. The van der Waals surface area contributed by atoms with Crippen LogP contribution in [0.5, 0.6) is 5.75 Å². The van der Waals surface area contributed by atoms with Gasteiger partial charge in [-0.15, -0.1) is 0 Å². The van der Waals surface area contributed by atoms with E-state index in [2.05, 4.69) is 48.1 Å². The summed E-state index contributed by atoms with van der Waals surface area (Å²) in [5, 5.41) is 4.86. The van der Waals surface area contributed by atoms with Crippen molar-refractivity contribution in [2.24, 2.45) is 0 Å². The van der Waals surface area contributed by atoms with Crippen LogP contribution in [0.25, 0.3) is 10.9 Å². The minimum absolute atomic E-state index is 0.610. The number of nitrogens with one attached hydrogen (secondary N) is 1. The Morgan fingerprint density at radius 3 is 2.86 bits per heavy atom. The van der Waals surface area contributed by atoms with Crippen LogP contribution in [0.15, 0.2) is 30.5 Å². The number of unbranched alkanes of at least 4 members (excludes halogenated alkanes) is 2. The molecule has 3 nitrogen and oxygen atoms in total. The highest BCUT2D eigenvalue weighted by atomic mass is 16.5. The number of benzene rings is 1. The number of ether oxygens (including phenoxy) is 1. The molecule has 0 spiro atoms. The molecule has 0 saturated carbocycles. The first-order chi connectivity index (χ1) is 10.2. The molecular formula is C18H28N2O. The Morgan fingerprint density at radius 1 is 1.24 bits per heavy atom. The zero-order valence-electron chi connectivity index (χ0n) is 13.6. The van der Waals surface area contributed by atoms with Crippen molar-refractivity contribution in [2.75, 3.05) is 13.7 Å². The van der Waals surface area contributed by atoms with Gasteiger partial charge in [0.15, 0.2) is 0 Å². The zero-order valence-corrected chi connectivity index (χ0v) is 13.6. The molecule has 3 heteroatoms. The maximum atomic E-state index is 5.27. The standard InChI is InChI=1S/C18H28N2O/c1-4-5-6-7-15(2)19-11-13-20-12-10-16-14-17(21-3)8-9-18(16)20/h8-10,12,14-15,19H,4-7,11,13H2,1-3H3. The molecule has 2 rings (SSSR count). The first kappa shape index (κ1) is 15.9. The van der Waals surface area contributed by atoms with Crippen molar-refractivity contribution in [1.82, 2.24) is 9.88 Å². The molecule has 1 aromatic carbocycles. The molecule has 0 bridgehead atoms. The smallest absolute Gasteiger partial charge is 0.119 e. The van der Waals surface area contributed by atoms with E-state index in [0.29, 0.717) is 6.04 Å². The molecule has 0 aliphatic heterocycles. The maximum absolute atomic E-state index is 5.27. The monoisotopic (exact) mass is 288 g/mol. The minimum atomic E-state index is 0.610. The molecular weight excluding hydrogens is 260 g/mol. The molecule has 1 N–H and O–H groups in total. The van der Waals surface area contributed by atoms with Gasteiger partial charge in [-0.1, -0.05) is 26.2 Å². The number of methoxy groups -OCH3 is 1. The zero-order chi connectivity index (χ0) is 15.1. The quantitative estimate of drug-likeness (QED) is 0.700. The Bertz CT molecular complexity index is 547. The number of rotatable bonds is 9. The van der Waals surface area contributed by atoms with Crippen molar-refractivity contribution >= 4 is 10.9 Å². The molecule has 0 aliphatic carbocycles. The van der Waals surface area contributed by atoms with Gasteiger partial charge >= 0.3 is 0 Å². The largest absolute Gasteiger partial charge is 0.497 e. The van der Waals surface area contributed by atoms with Crippen molar-refractivity contribution in [3.63, 3.8) is 0 Å². The molecule has 1 aromatic heterocycles. The fourth-order valence-corrected chi connectivity index (χ4v) is 2.73. The van der Waals surface area contributed by atoms with Crippen LogP contribution < -0.4 is 10.1 Å². The third-order valence-electron chi connectivity index (χ3n) is 4.06. The lowest BCUT2D eigenvalue weighted by atomic mass is 10.1. The number of aromatic nitrogens is 1. The Kier molecular flexibility index (Phi) is 6.12. The highest BCUT2D eigenvalue weighted by molar-refractivity contribution is 5.81. The second kappa shape index (κ2) is 8.08. The highest BCUT2D eigenvalue weighted by Gasteiger charge is 2.04. The number of hydrogen-bond donors (Lipinski definition) is 1. The average Bonchev–Trinajstić information content (AvgIpc) is 2.90. The van der Waals surface area contributed by atoms with Crippen molar-refractivity contribution in [3.8, 4) is 5.75 Å². The lowest BCUT2D eigenvalue weighted by Gasteiger charge is -2.14. The molecule has 0 aliphatic rings. The van der Waals surface area contributed by atoms with Gasteiger partial charge in [0.1, 0.15) is 5.75 Å². The van der Waals surface area contributed by atoms with Crippen LogP contribution in [0.4, 0.5) is 0 Å². The number of hydrogen-bond acceptors (Lipinski definition) is 2. The molecule has 2 aromatic rings. The van der Waals surface area contributed by atoms with Gasteiger partial charge in [0.25, 0.3) is 0 Å². The third kappa shape index (κ3) is 4.50. The van der Waals surface area contributed by atoms with Gasteiger partial charge in [0.05, 0.1) is 7.11 Å². The van der Waals surface area contributed by atoms with E-state index in [-0.39, 0.29) is 0 Å². The van der Waals surface area contributed by atoms with Crippen LogP contribution in [0, 0.1) is 0 Å². The van der Waals surface area contributed by atoms with Gasteiger partial charge in [0.2, 0.25) is 0 Å². The average molecular weight is 288 g/mol. The van der Waals surface area contributed by atoms with Crippen LogP contribution in [-0.2, 0) is 6.54 Å². The Labute approximate surface area is 128 Å². The Hall–Kier alpha value is -1.48. The van der Waals surface area contributed by atoms with E-state index in [1.165, 1.54) is 36.6 Å². The van der Waals surface area contributed by atoms with E-state index in [1.807, 2.05) is 6.07 Å². The van der Waals surface area contributed by atoms with Crippen molar-refractivity contribution in [1.29, 1.82) is 0 Å². The van der Waals surface area contributed by atoms with Crippen molar-refractivity contribution < 1.29 is 4.74 Å². The fourth-order valence-electron chi connectivity index (χ4n) is 2.73. The summed E-state index contributed by atoms with van der Waals surface area (Å²) in [5.74, 6) is 0.919. The lowest BCUT2D eigenvalue weighted by molar-refractivity contribution is 0.415. The second-order valence-electron chi connectivity index (χ2n) is 5.78. The van der Waals surface area contributed by atoms with E-state index in [4.69, 9.17) is 4.74 Å². The summed E-state index contributed by atoms with van der Waals surface area (Å²) in [6.45, 7) is 6.57. The summed E-state index contributed by atoms with van der Waals surface area (Å²) in [6, 6.07) is 9.02. The number of nitrogens with zero attached hydrogens (tertiary/aromatic N) is 1. The van der Waals surface area contributed by atoms with E-state index in [1.54, 1.807) is 7.11 Å². The summed E-state index contributed by atoms with van der Waals surface area (Å²) >= 11 is 0. The summed E-state index contributed by atoms with van der Waals surface area (Å²) < 4.78 is 7.58. The summed E-state index contributed by atoms with van der Waals surface area (Å²) in [4.78, 5) is 0. The summed E-state index contributed by atoms with van der Waals surface area (Å²) in [6.07, 6.45) is 7.41. The fraction of sp³-hybridized carbons (Fsp3) is 0.556. The maximum Gasteiger partial charge on any atom is 0.119 e. The van der Waals surface area contributed by atoms with Gasteiger partial charge in [-0.05, 0) is 37.6 Å². The molecule has 0 amide bonds. The molecule has 1 unspecified atom stereocenters. The first-order valence-corrected chi connectivity index (χ1v) is 8.11. The normalized spacial score (nSPS) is 12.7. The van der Waals surface area contributed by atoms with Gasteiger partial charge < -0.3 is 14.6 Å². The van der Waals surface area contributed by atoms with Gasteiger partial charge in [-0.25, -0.2) is 0 Å². The summed E-state index contributed by atoms with van der Waals surface area (Å²) in [5.41, 5.74) is 1.27. The van der Waals surface area contributed by atoms with E-state index >= 15 is 0 Å². The molecule has 0 saturated heterocycles. The first-order valence-electron chi connectivity index (χ1n) is 8.11. The molecule has 0 fully saturated rings. The van der Waals surface area contributed by atoms with E-state index in [9.17, 15) is 0 Å². The van der Waals surface area contributed by atoms with Crippen LogP contribution in [-0.4, -0.2) is 24.3 Å². The van der Waals surface area contributed by atoms with Crippen molar-refractivity contribution in [3.05, 3.63) is 30.5 Å². The summed E-state index contributed by atoms with van der Waals surface area (Å²) in [7, 11) is 1.71. The van der Waals surface area contributed by atoms with E-state index in [0.717, 1.165) is 18.8 Å². The molecule has 116 valence electrons. The second-order valence-corrected chi connectivity index (χ2v) is 5.78. The Morgan fingerprint density at radius 2 is 2.10 bits per heavy atom. The molecule has 0 radical (unpaired) electrons. The van der Waals surface area contributed by atoms with Crippen LogP contribution in [0.1, 0.15) is 39.5 Å². The van der Waals surface area contributed by atoms with Gasteiger partial charge in [-0.2, -0.15) is 0 Å². The molecule has 21 heavy (non-hydrogen) atoms. The predicted molar refractivity (Wildman–Crippen MR) is 90.1 cm³/mol. The SMILES string of the molecule is CCCCCC(C)NCCn1ccc2cc(OC)ccc21. The third-order valence-corrected chi connectivity index (χ3v) is 4.06. The van der Waals surface area contributed by atoms with Crippen LogP contribution >= 0.6 is 0 Å². The Balaban J connectivity index is 1.83.